The molecule has 1 N–H and O–H groups in total. The normalized spacial score (nSPS) is 20.2. The van der Waals surface area contributed by atoms with Crippen LogP contribution in [0.25, 0.3) is 0 Å². The Morgan fingerprint density at radius 3 is 2.73 bits per heavy atom. The minimum atomic E-state index is -3.67. The first-order valence-corrected chi connectivity index (χ1v) is 8.29. The molecule has 1 fully saturated rings. The summed E-state index contributed by atoms with van der Waals surface area (Å²) >= 11 is 0. The van der Waals surface area contributed by atoms with Crippen molar-refractivity contribution >= 4 is 10.0 Å². The molecule has 1 unspecified atom stereocenters. The van der Waals surface area contributed by atoms with Gasteiger partial charge in [0, 0.05) is 25.0 Å². The Kier molecular flexibility index (Phi) is 3.98. The molecule has 0 saturated carbocycles. The lowest BCUT2D eigenvalue weighted by Gasteiger charge is -2.31. The van der Waals surface area contributed by atoms with Crippen molar-refractivity contribution in [2.75, 3.05) is 19.7 Å². The molecule has 22 heavy (non-hydrogen) atoms. The van der Waals surface area contributed by atoms with E-state index in [1.165, 1.54) is 16.4 Å². The molecule has 2 aromatic rings. The van der Waals surface area contributed by atoms with Crippen molar-refractivity contribution in [3.63, 3.8) is 0 Å². The number of rotatable bonds is 3. The van der Waals surface area contributed by atoms with Gasteiger partial charge in [0.25, 0.3) is 0 Å². The van der Waals surface area contributed by atoms with E-state index in [1.807, 2.05) is 6.92 Å². The van der Waals surface area contributed by atoms with Gasteiger partial charge in [0.2, 0.25) is 10.0 Å². The van der Waals surface area contributed by atoms with Crippen LogP contribution in [0.5, 0.6) is 0 Å². The first kappa shape index (κ1) is 15.1. The summed E-state index contributed by atoms with van der Waals surface area (Å²) in [5.74, 6) is 0.140. The molecule has 2 heterocycles. The summed E-state index contributed by atoms with van der Waals surface area (Å²) in [7, 11) is -3.67. The highest BCUT2D eigenvalue weighted by Gasteiger charge is 2.32. The van der Waals surface area contributed by atoms with Crippen LogP contribution in [0.3, 0.4) is 0 Å². The number of ether oxygens (including phenoxy) is 1. The summed E-state index contributed by atoms with van der Waals surface area (Å²) in [6.07, 6.45) is 1.24. The highest BCUT2D eigenvalue weighted by atomic mass is 32.2. The van der Waals surface area contributed by atoms with Gasteiger partial charge in [-0.15, -0.1) is 0 Å². The summed E-state index contributed by atoms with van der Waals surface area (Å²) in [4.78, 5) is 7.32. The number of sulfonamides is 1. The average molecular weight is 325 g/mol. The molecule has 0 bridgehead atoms. The van der Waals surface area contributed by atoms with Crippen LogP contribution < -0.4 is 0 Å². The SMILES string of the molecule is Cc1cnc(C2CN(S(=O)(=O)c3ccc(F)cc3)CCO2)[nH]1. The monoisotopic (exact) mass is 325 g/mol. The van der Waals surface area contributed by atoms with E-state index in [4.69, 9.17) is 4.74 Å². The van der Waals surface area contributed by atoms with E-state index >= 15 is 0 Å². The van der Waals surface area contributed by atoms with Crippen LogP contribution >= 0.6 is 0 Å². The van der Waals surface area contributed by atoms with E-state index in [9.17, 15) is 12.8 Å². The van der Waals surface area contributed by atoms with Crippen molar-refractivity contribution in [3.05, 3.63) is 47.8 Å². The van der Waals surface area contributed by atoms with Gasteiger partial charge >= 0.3 is 0 Å². The Bertz CT molecular complexity index is 758. The van der Waals surface area contributed by atoms with E-state index in [0.717, 1.165) is 17.8 Å². The van der Waals surface area contributed by atoms with E-state index in [-0.39, 0.29) is 24.6 Å². The third kappa shape index (κ3) is 2.90. The maximum absolute atomic E-state index is 13.0. The van der Waals surface area contributed by atoms with Gasteiger partial charge in [-0.25, -0.2) is 17.8 Å². The summed E-state index contributed by atoms with van der Waals surface area (Å²) in [6.45, 7) is 2.58. The molecule has 3 rings (SSSR count). The van der Waals surface area contributed by atoms with Gasteiger partial charge in [0.15, 0.2) is 0 Å². The molecular formula is C14H16FN3O3S. The predicted molar refractivity (Wildman–Crippen MR) is 77.2 cm³/mol. The Balaban J connectivity index is 1.83. The fraction of sp³-hybridized carbons (Fsp3) is 0.357. The lowest BCUT2D eigenvalue weighted by molar-refractivity contribution is -0.00711. The first-order chi connectivity index (χ1) is 10.5. The fourth-order valence-electron chi connectivity index (χ4n) is 2.36. The van der Waals surface area contributed by atoms with Crippen molar-refractivity contribution in [3.8, 4) is 0 Å². The number of H-pyrrole nitrogens is 1. The van der Waals surface area contributed by atoms with Crippen LogP contribution in [-0.4, -0.2) is 42.4 Å². The van der Waals surface area contributed by atoms with Crippen LogP contribution in [0.2, 0.25) is 0 Å². The number of nitrogens with zero attached hydrogens (tertiary/aromatic N) is 2. The zero-order valence-corrected chi connectivity index (χ0v) is 12.8. The summed E-state index contributed by atoms with van der Waals surface area (Å²) < 4.78 is 45.1. The Hall–Kier alpha value is -1.77. The minimum absolute atomic E-state index is 0.0742. The van der Waals surface area contributed by atoms with Crippen molar-refractivity contribution in [2.24, 2.45) is 0 Å². The van der Waals surface area contributed by atoms with E-state index in [2.05, 4.69) is 9.97 Å². The quantitative estimate of drug-likeness (QED) is 0.930. The van der Waals surface area contributed by atoms with Gasteiger partial charge in [0.1, 0.15) is 17.7 Å². The second kappa shape index (κ2) is 5.79. The number of aromatic nitrogens is 2. The molecule has 0 spiro atoms. The number of aromatic amines is 1. The second-order valence-electron chi connectivity index (χ2n) is 5.13. The van der Waals surface area contributed by atoms with Gasteiger partial charge in [-0.1, -0.05) is 0 Å². The maximum Gasteiger partial charge on any atom is 0.243 e. The molecule has 1 aromatic heterocycles. The first-order valence-electron chi connectivity index (χ1n) is 6.85. The highest BCUT2D eigenvalue weighted by molar-refractivity contribution is 7.89. The second-order valence-corrected chi connectivity index (χ2v) is 7.07. The molecule has 1 aliphatic heterocycles. The standard InChI is InChI=1S/C14H16FN3O3S/c1-10-8-16-14(17-10)13-9-18(6-7-21-13)22(19,20)12-4-2-11(15)3-5-12/h2-5,8,13H,6-7,9H2,1H3,(H,16,17). The lowest BCUT2D eigenvalue weighted by Crippen LogP contribution is -2.42. The topological polar surface area (TPSA) is 75.3 Å². The number of aryl methyl sites for hydroxylation is 1. The Labute approximate surface area is 128 Å². The van der Waals surface area contributed by atoms with Crippen molar-refractivity contribution in [1.82, 2.24) is 14.3 Å². The van der Waals surface area contributed by atoms with E-state index in [1.54, 1.807) is 6.20 Å². The van der Waals surface area contributed by atoms with Gasteiger partial charge < -0.3 is 9.72 Å². The summed E-state index contributed by atoms with van der Waals surface area (Å²) in [6, 6.07) is 4.82. The molecule has 0 aliphatic carbocycles. The summed E-state index contributed by atoms with van der Waals surface area (Å²) in [5.41, 5.74) is 0.886. The molecule has 6 nitrogen and oxygen atoms in total. The zero-order chi connectivity index (χ0) is 15.7. The van der Waals surface area contributed by atoms with Crippen LogP contribution in [0, 0.1) is 12.7 Å². The largest absolute Gasteiger partial charge is 0.368 e. The Morgan fingerprint density at radius 1 is 1.36 bits per heavy atom. The molecular weight excluding hydrogens is 309 g/mol. The van der Waals surface area contributed by atoms with Crippen LogP contribution in [0.1, 0.15) is 17.6 Å². The molecule has 0 radical (unpaired) electrons. The molecule has 1 aromatic carbocycles. The van der Waals surface area contributed by atoms with Gasteiger partial charge in [-0.3, -0.25) is 0 Å². The third-order valence-electron chi connectivity index (χ3n) is 3.51. The molecule has 118 valence electrons. The number of benzene rings is 1. The van der Waals surface area contributed by atoms with Crippen molar-refractivity contribution < 1.29 is 17.5 Å². The number of halogens is 1. The molecule has 1 saturated heterocycles. The lowest BCUT2D eigenvalue weighted by atomic mass is 10.3. The minimum Gasteiger partial charge on any atom is -0.368 e. The zero-order valence-electron chi connectivity index (χ0n) is 12.0. The third-order valence-corrected chi connectivity index (χ3v) is 5.39. The van der Waals surface area contributed by atoms with E-state index < -0.39 is 21.9 Å². The number of morpholine rings is 1. The molecule has 0 amide bonds. The van der Waals surface area contributed by atoms with Crippen LogP contribution in [-0.2, 0) is 14.8 Å². The van der Waals surface area contributed by atoms with Gasteiger partial charge in [-0.2, -0.15) is 4.31 Å². The van der Waals surface area contributed by atoms with Gasteiger partial charge in [-0.05, 0) is 31.2 Å². The molecule has 1 atom stereocenters. The van der Waals surface area contributed by atoms with Crippen molar-refractivity contribution in [1.29, 1.82) is 0 Å². The number of nitrogens with one attached hydrogen (secondary N) is 1. The number of hydrogen-bond acceptors (Lipinski definition) is 4. The predicted octanol–water partition coefficient (Wildman–Crippen LogP) is 1.62. The van der Waals surface area contributed by atoms with Crippen LogP contribution in [0.15, 0.2) is 35.4 Å². The molecule has 8 heteroatoms. The Morgan fingerprint density at radius 2 is 2.09 bits per heavy atom. The number of hydrogen-bond donors (Lipinski definition) is 1. The number of imidazole rings is 1. The van der Waals surface area contributed by atoms with Gasteiger partial charge in [0.05, 0.1) is 11.5 Å². The van der Waals surface area contributed by atoms with Crippen molar-refractivity contribution in [2.45, 2.75) is 17.9 Å². The van der Waals surface area contributed by atoms with Crippen LogP contribution in [0.4, 0.5) is 4.39 Å². The van der Waals surface area contributed by atoms with E-state index in [0.29, 0.717) is 5.82 Å². The molecule has 1 aliphatic rings. The highest BCUT2D eigenvalue weighted by Crippen LogP contribution is 2.25. The summed E-state index contributed by atoms with van der Waals surface area (Å²) in [5, 5.41) is 0. The maximum atomic E-state index is 13.0. The average Bonchev–Trinajstić information content (AvgIpc) is 2.94. The smallest absolute Gasteiger partial charge is 0.243 e. The fourth-order valence-corrected chi connectivity index (χ4v) is 3.79.